The van der Waals surface area contributed by atoms with Gasteiger partial charge in [0.1, 0.15) is 5.75 Å². The smallest absolute Gasteiger partial charge is 0.319 e. The number of halogens is 1. The van der Waals surface area contributed by atoms with Crippen molar-refractivity contribution in [3.63, 3.8) is 0 Å². The zero-order valence-corrected chi connectivity index (χ0v) is 14.0. The second-order valence-corrected chi connectivity index (χ2v) is 5.82. The van der Waals surface area contributed by atoms with Gasteiger partial charge in [0.25, 0.3) is 0 Å². The van der Waals surface area contributed by atoms with Crippen molar-refractivity contribution in [2.75, 3.05) is 31.6 Å². The summed E-state index contributed by atoms with van der Waals surface area (Å²) in [6.07, 6.45) is 2.91. The third-order valence-corrected chi connectivity index (χ3v) is 3.75. The molecule has 0 unspecified atom stereocenters. The van der Waals surface area contributed by atoms with E-state index in [1.807, 2.05) is 6.92 Å². The lowest BCUT2D eigenvalue weighted by molar-refractivity contribution is -0.128. The van der Waals surface area contributed by atoms with E-state index < -0.39 is 6.03 Å². The summed E-state index contributed by atoms with van der Waals surface area (Å²) in [6.45, 7) is 4.07. The minimum Gasteiger partial charge on any atom is -0.491 e. The number of benzene rings is 1. The summed E-state index contributed by atoms with van der Waals surface area (Å²) >= 11 is 5.96. The van der Waals surface area contributed by atoms with Crippen LogP contribution in [0.5, 0.6) is 5.75 Å². The van der Waals surface area contributed by atoms with Gasteiger partial charge in [-0.2, -0.15) is 0 Å². The van der Waals surface area contributed by atoms with Gasteiger partial charge in [-0.25, -0.2) is 4.79 Å². The number of urea groups is 1. The lowest BCUT2D eigenvalue weighted by Crippen LogP contribution is -2.40. The Labute approximate surface area is 141 Å². The first-order valence-corrected chi connectivity index (χ1v) is 8.23. The van der Waals surface area contributed by atoms with Crippen molar-refractivity contribution >= 4 is 29.2 Å². The average Bonchev–Trinajstić information content (AvgIpc) is 3.06. The lowest BCUT2D eigenvalue weighted by Gasteiger charge is -2.16. The number of nitrogens with one attached hydrogen (secondary N) is 2. The van der Waals surface area contributed by atoms with Gasteiger partial charge in [0, 0.05) is 18.1 Å². The fraction of sp³-hybridized carbons (Fsp3) is 0.500. The van der Waals surface area contributed by atoms with Crippen molar-refractivity contribution < 1.29 is 14.3 Å². The van der Waals surface area contributed by atoms with Crippen LogP contribution in [0.15, 0.2) is 18.2 Å². The second kappa shape index (κ2) is 8.62. The number of anilines is 1. The fourth-order valence-electron chi connectivity index (χ4n) is 2.34. The molecule has 1 aliphatic rings. The summed E-state index contributed by atoms with van der Waals surface area (Å²) in [6, 6.07) is 4.57. The molecule has 23 heavy (non-hydrogen) atoms. The van der Waals surface area contributed by atoms with Crippen LogP contribution in [0.25, 0.3) is 0 Å². The molecule has 0 spiro atoms. The molecule has 1 saturated heterocycles. The molecule has 6 nitrogen and oxygen atoms in total. The van der Waals surface area contributed by atoms with Crippen molar-refractivity contribution in [3.8, 4) is 5.75 Å². The first-order valence-electron chi connectivity index (χ1n) is 7.85. The van der Waals surface area contributed by atoms with Gasteiger partial charge in [-0.3, -0.25) is 4.79 Å². The number of ether oxygens (including phenoxy) is 1. The van der Waals surface area contributed by atoms with Crippen molar-refractivity contribution in [2.45, 2.75) is 26.2 Å². The summed E-state index contributed by atoms with van der Waals surface area (Å²) in [4.78, 5) is 25.6. The number of hydrogen-bond acceptors (Lipinski definition) is 3. The molecule has 0 radical (unpaired) electrons. The summed E-state index contributed by atoms with van der Waals surface area (Å²) in [5, 5.41) is 5.74. The van der Waals surface area contributed by atoms with Crippen LogP contribution in [0.2, 0.25) is 5.02 Å². The third-order valence-electron chi connectivity index (χ3n) is 3.51. The maximum absolute atomic E-state index is 12.0. The Morgan fingerprint density at radius 2 is 2.04 bits per heavy atom. The second-order valence-electron chi connectivity index (χ2n) is 5.38. The van der Waals surface area contributed by atoms with Crippen LogP contribution in [0, 0.1) is 0 Å². The van der Waals surface area contributed by atoms with Crippen LogP contribution in [-0.2, 0) is 4.79 Å². The van der Waals surface area contributed by atoms with Crippen molar-refractivity contribution in [1.29, 1.82) is 0 Å². The topological polar surface area (TPSA) is 70.7 Å². The monoisotopic (exact) mass is 339 g/mol. The average molecular weight is 340 g/mol. The van der Waals surface area contributed by atoms with Crippen molar-refractivity contribution in [1.82, 2.24) is 10.2 Å². The van der Waals surface area contributed by atoms with E-state index in [0.717, 1.165) is 32.4 Å². The normalized spacial score (nSPS) is 13.7. The maximum Gasteiger partial charge on any atom is 0.319 e. The highest BCUT2D eigenvalue weighted by molar-refractivity contribution is 6.31. The third kappa shape index (κ3) is 5.32. The number of hydrogen-bond donors (Lipinski definition) is 2. The summed E-state index contributed by atoms with van der Waals surface area (Å²) < 4.78 is 5.57. The molecule has 0 aliphatic carbocycles. The SMILES string of the molecule is CCCOc1ccc(Cl)cc1NC(=O)NCC(=O)N1CCCC1. The van der Waals surface area contributed by atoms with E-state index in [2.05, 4.69) is 10.6 Å². The summed E-state index contributed by atoms with van der Waals surface area (Å²) in [5.41, 5.74) is 0.483. The molecule has 1 aromatic rings. The van der Waals surface area contributed by atoms with E-state index in [4.69, 9.17) is 16.3 Å². The molecular weight excluding hydrogens is 318 g/mol. The van der Waals surface area contributed by atoms with Crippen molar-refractivity contribution in [3.05, 3.63) is 23.2 Å². The van der Waals surface area contributed by atoms with E-state index in [0.29, 0.717) is 23.1 Å². The first kappa shape index (κ1) is 17.4. The summed E-state index contributed by atoms with van der Waals surface area (Å²) in [5.74, 6) is 0.489. The van der Waals surface area contributed by atoms with Gasteiger partial charge in [0.05, 0.1) is 18.8 Å². The van der Waals surface area contributed by atoms with Crippen LogP contribution in [0.1, 0.15) is 26.2 Å². The van der Waals surface area contributed by atoms with E-state index in [9.17, 15) is 9.59 Å². The minimum atomic E-state index is -0.457. The lowest BCUT2D eigenvalue weighted by atomic mass is 10.3. The Morgan fingerprint density at radius 1 is 1.30 bits per heavy atom. The van der Waals surface area contributed by atoms with Gasteiger partial charge in [0.15, 0.2) is 0 Å². The highest BCUT2D eigenvalue weighted by Gasteiger charge is 2.18. The van der Waals surface area contributed by atoms with Gasteiger partial charge in [-0.05, 0) is 37.5 Å². The van der Waals surface area contributed by atoms with Crippen LogP contribution in [-0.4, -0.2) is 43.1 Å². The standard InChI is InChI=1S/C16H22ClN3O3/c1-2-9-23-14-6-5-12(17)10-13(14)19-16(22)18-11-15(21)20-7-3-4-8-20/h5-6,10H,2-4,7-9,11H2,1H3,(H2,18,19,22). The number of likely N-dealkylation sites (tertiary alicyclic amines) is 1. The molecule has 0 saturated carbocycles. The molecule has 2 N–H and O–H groups in total. The predicted octanol–water partition coefficient (Wildman–Crippen LogP) is 2.87. The molecule has 1 aliphatic heterocycles. The number of nitrogens with zero attached hydrogens (tertiary/aromatic N) is 1. The molecule has 0 aromatic heterocycles. The molecule has 1 aromatic carbocycles. The number of carbonyl (C=O) groups excluding carboxylic acids is 2. The van der Waals surface area contributed by atoms with Crippen LogP contribution < -0.4 is 15.4 Å². The van der Waals surface area contributed by atoms with E-state index in [1.54, 1.807) is 23.1 Å². The Morgan fingerprint density at radius 3 is 2.74 bits per heavy atom. The first-order chi connectivity index (χ1) is 11.1. The number of carbonyl (C=O) groups is 2. The van der Waals surface area contributed by atoms with E-state index >= 15 is 0 Å². The Bertz CT molecular complexity index is 560. The summed E-state index contributed by atoms with van der Waals surface area (Å²) in [7, 11) is 0. The molecule has 1 fully saturated rings. The number of rotatable bonds is 6. The molecule has 0 atom stereocenters. The Kier molecular flexibility index (Phi) is 6.52. The quantitative estimate of drug-likeness (QED) is 0.837. The van der Waals surface area contributed by atoms with Gasteiger partial charge in [0.2, 0.25) is 5.91 Å². The zero-order chi connectivity index (χ0) is 16.7. The van der Waals surface area contributed by atoms with E-state index in [1.165, 1.54) is 0 Å². The van der Waals surface area contributed by atoms with E-state index in [-0.39, 0.29) is 12.5 Å². The van der Waals surface area contributed by atoms with Gasteiger partial charge < -0.3 is 20.3 Å². The Hall–Kier alpha value is -1.95. The molecule has 3 amide bonds. The molecule has 7 heteroatoms. The van der Waals surface area contributed by atoms with Crippen LogP contribution in [0.3, 0.4) is 0 Å². The minimum absolute atomic E-state index is 0.0163. The highest BCUT2D eigenvalue weighted by atomic mass is 35.5. The molecule has 1 heterocycles. The molecule has 0 bridgehead atoms. The predicted molar refractivity (Wildman–Crippen MR) is 90.1 cm³/mol. The fourth-order valence-corrected chi connectivity index (χ4v) is 2.51. The van der Waals surface area contributed by atoms with Crippen molar-refractivity contribution in [2.24, 2.45) is 0 Å². The van der Waals surface area contributed by atoms with Gasteiger partial charge >= 0.3 is 6.03 Å². The largest absolute Gasteiger partial charge is 0.491 e. The number of amides is 3. The molecule has 126 valence electrons. The zero-order valence-electron chi connectivity index (χ0n) is 13.2. The van der Waals surface area contributed by atoms with Crippen LogP contribution in [0.4, 0.5) is 10.5 Å². The maximum atomic E-state index is 12.0. The van der Waals surface area contributed by atoms with Gasteiger partial charge in [-0.1, -0.05) is 18.5 Å². The van der Waals surface area contributed by atoms with Crippen LogP contribution >= 0.6 is 11.6 Å². The molecule has 2 rings (SSSR count). The molecular formula is C16H22ClN3O3. The Balaban J connectivity index is 1.88. The van der Waals surface area contributed by atoms with Gasteiger partial charge in [-0.15, -0.1) is 0 Å². The highest BCUT2D eigenvalue weighted by Crippen LogP contribution is 2.28.